The number of nitrogens with two attached hydrogens (primary N) is 1. The van der Waals surface area contributed by atoms with E-state index in [1.807, 2.05) is 0 Å². The molecule has 1 aromatic rings. The fourth-order valence-electron chi connectivity index (χ4n) is 3.44. The van der Waals surface area contributed by atoms with Gasteiger partial charge in [0.25, 0.3) is 5.91 Å². The molecule has 0 spiro atoms. The van der Waals surface area contributed by atoms with Crippen LogP contribution in [0.3, 0.4) is 0 Å². The number of fused-ring (bicyclic) bond motifs is 1. The summed E-state index contributed by atoms with van der Waals surface area (Å²) in [7, 11) is 1.41. The molecule has 0 radical (unpaired) electrons. The molecule has 2 saturated heterocycles. The van der Waals surface area contributed by atoms with E-state index in [-0.39, 0.29) is 42.0 Å². The maximum atomic E-state index is 12.8. The number of methoxy groups -OCH3 is 1. The van der Waals surface area contributed by atoms with Crippen molar-refractivity contribution in [3.63, 3.8) is 0 Å². The average molecular weight is 518 g/mol. The number of rotatable bonds is 9. The maximum Gasteiger partial charge on any atom is 0.511 e. The van der Waals surface area contributed by atoms with Crippen LogP contribution in [0.4, 0.5) is 9.93 Å². The van der Waals surface area contributed by atoms with Crippen LogP contribution in [0.2, 0.25) is 0 Å². The van der Waals surface area contributed by atoms with Gasteiger partial charge in [0.1, 0.15) is 22.5 Å². The highest BCUT2D eigenvalue weighted by Crippen LogP contribution is 2.42. The predicted octanol–water partition coefficient (Wildman–Crippen LogP) is -0.390. The fourth-order valence-corrected chi connectivity index (χ4v) is 5.50. The molecule has 2 amide bonds. The third-order valence-corrected chi connectivity index (χ3v) is 7.26. The van der Waals surface area contributed by atoms with Crippen LogP contribution in [0.5, 0.6) is 0 Å². The Morgan fingerprint density at radius 2 is 2.15 bits per heavy atom. The number of nitrogen functional groups attached to an aromatic ring is 1. The lowest BCUT2D eigenvalue weighted by Gasteiger charge is -2.53. The predicted molar refractivity (Wildman–Crippen MR) is 118 cm³/mol. The molecule has 14 nitrogen and oxygen atoms in total. The van der Waals surface area contributed by atoms with Crippen LogP contribution in [0.25, 0.3) is 0 Å². The first kappa shape index (κ1) is 25.5. The third-order valence-electron chi connectivity index (χ3n) is 4.99. The number of carbonyl (C=O) groups is 4. The van der Waals surface area contributed by atoms with E-state index in [0.29, 0.717) is 0 Å². The van der Waals surface area contributed by atoms with Crippen LogP contribution in [0.1, 0.15) is 12.6 Å². The Morgan fingerprint density at radius 3 is 2.76 bits per heavy atom. The molecular weight excluding hydrogens is 494 g/mol. The Bertz CT molecular complexity index is 987. The second-order valence-electron chi connectivity index (χ2n) is 7.23. The average Bonchev–Trinajstić information content (AvgIpc) is 3.23. The molecule has 2 aliphatic heterocycles. The normalized spacial score (nSPS) is 24.0. The van der Waals surface area contributed by atoms with Gasteiger partial charge in [0, 0.05) is 24.8 Å². The zero-order valence-corrected chi connectivity index (χ0v) is 19.8. The van der Waals surface area contributed by atoms with Crippen molar-refractivity contribution in [2.75, 3.05) is 45.1 Å². The molecule has 0 aromatic carbocycles. The fraction of sp³-hybridized carbons (Fsp3) is 0.556. The largest absolute Gasteiger partial charge is 0.511 e. The molecule has 2 fully saturated rings. The monoisotopic (exact) mass is 517 g/mol. The van der Waals surface area contributed by atoms with Crippen molar-refractivity contribution >= 4 is 57.9 Å². The molecular formula is C18H23N5O9S2. The number of carbonyl (C=O) groups excluding carboxylic acids is 4. The third kappa shape index (κ3) is 5.18. The van der Waals surface area contributed by atoms with Crippen molar-refractivity contribution in [1.82, 2.24) is 15.2 Å². The Morgan fingerprint density at radius 1 is 1.38 bits per heavy atom. The van der Waals surface area contributed by atoms with E-state index in [1.54, 1.807) is 6.92 Å². The van der Waals surface area contributed by atoms with Gasteiger partial charge in [-0.25, -0.2) is 9.78 Å². The SMILES string of the molecule is CCOC(=O)OCOC(=O)C1(COC)CS[C@@H]2C(NC(=O)C(=NO)c3csc(N)n3)C(=O)N2C1. The van der Waals surface area contributed by atoms with E-state index in [9.17, 15) is 24.4 Å². The number of anilines is 1. The van der Waals surface area contributed by atoms with Crippen molar-refractivity contribution < 1.29 is 43.3 Å². The van der Waals surface area contributed by atoms with Crippen molar-refractivity contribution in [3.8, 4) is 0 Å². The minimum absolute atomic E-state index is 0.0223. The van der Waals surface area contributed by atoms with Crippen LogP contribution in [-0.2, 0) is 33.3 Å². The molecule has 3 atom stereocenters. The summed E-state index contributed by atoms with van der Waals surface area (Å²) < 4.78 is 19.5. The second-order valence-corrected chi connectivity index (χ2v) is 9.22. The molecule has 3 heterocycles. The summed E-state index contributed by atoms with van der Waals surface area (Å²) in [5.41, 5.74) is 4.05. The van der Waals surface area contributed by atoms with E-state index < -0.39 is 47.6 Å². The van der Waals surface area contributed by atoms with Gasteiger partial charge in [0.15, 0.2) is 10.8 Å². The summed E-state index contributed by atoms with van der Waals surface area (Å²) >= 11 is 2.31. The molecule has 16 heteroatoms. The number of hydrogen-bond donors (Lipinski definition) is 3. The zero-order chi connectivity index (χ0) is 24.9. The number of nitrogens with one attached hydrogen (secondary N) is 1. The molecule has 34 heavy (non-hydrogen) atoms. The molecule has 186 valence electrons. The summed E-state index contributed by atoms with van der Waals surface area (Å²) in [6.45, 7) is 0.997. The Kier molecular flexibility index (Phi) is 8.16. The van der Waals surface area contributed by atoms with Gasteiger partial charge < -0.3 is 40.1 Å². The van der Waals surface area contributed by atoms with Crippen molar-refractivity contribution in [1.29, 1.82) is 0 Å². The highest BCUT2D eigenvalue weighted by Gasteiger charge is 2.58. The van der Waals surface area contributed by atoms with Crippen molar-refractivity contribution in [3.05, 3.63) is 11.1 Å². The van der Waals surface area contributed by atoms with Gasteiger partial charge in [-0.15, -0.1) is 23.1 Å². The molecule has 1 aromatic heterocycles. The number of nitrogens with zero attached hydrogens (tertiary/aromatic N) is 3. The van der Waals surface area contributed by atoms with E-state index in [4.69, 9.17) is 15.2 Å². The highest BCUT2D eigenvalue weighted by atomic mass is 32.2. The number of β-lactam (4-membered cyclic amide) rings is 1. The molecule has 0 bridgehead atoms. The van der Waals surface area contributed by atoms with Crippen LogP contribution in [0, 0.1) is 5.41 Å². The molecule has 3 rings (SSSR count). The lowest BCUT2D eigenvalue weighted by molar-refractivity contribution is -0.173. The van der Waals surface area contributed by atoms with Gasteiger partial charge >= 0.3 is 12.1 Å². The summed E-state index contributed by atoms with van der Waals surface area (Å²) in [6.07, 6.45) is -0.975. The number of thiazole rings is 1. The van der Waals surface area contributed by atoms with Crippen LogP contribution < -0.4 is 11.1 Å². The standard InChI is InChI=1S/C18H23N5O9S2/c1-3-30-17(27)32-8-31-15(26)18(6-29-2)5-23-13(25)11(14(23)34-7-18)21-12(24)10(22-28)9-4-33-16(19)20-9/h4,11,14,28H,3,5-8H2,1-2H3,(H2,19,20)(H,21,24)/t11?,14-,18?/m1/s1. The Labute approximate surface area is 201 Å². The number of thioether (sulfide) groups is 1. The lowest BCUT2D eigenvalue weighted by atomic mass is 9.88. The van der Waals surface area contributed by atoms with E-state index >= 15 is 0 Å². The molecule has 4 N–H and O–H groups in total. The van der Waals surface area contributed by atoms with Gasteiger partial charge in [0.05, 0.1) is 13.2 Å². The van der Waals surface area contributed by atoms with Crippen LogP contribution in [-0.4, -0.2) is 95.6 Å². The highest BCUT2D eigenvalue weighted by molar-refractivity contribution is 8.00. The van der Waals surface area contributed by atoms with E-state index in [1.165, 1.54) is 29.2 Å². The quantitative estimate of drug-likeness (QED) is 0.0961. The summed E-state index contributed by atoms with van der Waals surface area (Å²) in [4.78, 5) is 54.7. The molecule has 0 aliphatic carbocycles. The number of esters is 1. The molecule has 2 unspecified atom stereocenters. The Hall–Kier alpha value is -3.11. The van der Waals surface area contributed by atoms with Crippen LogP contribution >= 0.6 is 23.1 Å². The van der Waals surface area contributed by atoms with E-state index in [0.717, 1.165) is 11.3 Å². The van der Waals surface area contributed by atoms with Crippen molar-refractivity contribution in [2.45, 2.75) is 18.3 Å². The number of amides is 2. The van der Waals surface area contributed by atoms with Crippen LogP contribution in [0.15, 0.2) is 10.5 Å². The van der Waals surface area contributed by atoms with Gasteiger partial charge in [-0.2, -0.15) is 0 Å². The smallest absolute Gasteiger partial charge is 0.435 e. The summed E-state index contributed by atoms with van der Waals surface area (Å²) in [5, 5.41) is 15.9. The first-order valence-corrected chi connectivity index (χ1v) is 11.8. The number of oxime groups is 1. The molecule has 2 aliphatic rings. The van der Waals surface area contributed by atoms with Gasteiger partial charge in [-0.3, -0.25) is 14.4 Å². The first-order chi connectivity index (χ1) is 16.3. The van der Waals surface area contributed by atoms with Crippen molar-refractivity contribution in [2.24, 2.45) is 10.6 Å². The van der Waals surface area contributed by atoms with Gasteiger partial charge in [-0.05, 0) is 6.92 Å². The molecule has 0 saturated carbocycles. The van der Waals surface area contributed by atoms with E-state index in [2.05, 4.69) is 24.9 Å². The minimum Gasteiger partial charge on any atom is -0.435 e. The number of ether oxygens (including phenoxy) is 4. The summed E-state index contributed by atoms with van der Waals surface area (Å²) in [6, 6.07) is -0.894. The number of aromatic nitrogens is 1. The topological polar surface area (TPSA) is 192 Å². The summed E-state index contributed by atoms with van der Waals surface area (Å²) in [5.74, 6) is -1.73. The van der Waals surface area contributed by atoms with Gasteiger partial charge in [-0.1, -0.05) is 5.16 Å². The lowest BCUT2D eigenvalue weighted by Crippen LogP contribution is -2.74. The second kappa shape index (κ2) is 10.9. The van der Waals surface area contributed by atoms with Gasteiger partial charge in [0.2, 0.25) is 12.7 Å². The maximum absolute atomic E-state index is 12.8. The Balaban J connectivity index is 1.61. The number of hydrogen-bond acceptors (Lipinski definition) is 14. The minimum atomic E-state index is -1.20. The zero-order valence-electron chi connectivity index (χ0n) is 18.2. The first-order valence-electron chi connectivity index (χ1n) is 9.88.